The number of anilines is 1. The van der Waals surface area contributed by atoms with E-state index in [0.29, 0.717) is 19.0 Å². The van der Waals surface area contributed by atoms with Crippen molar-refractivity contribution >= 4 is 17.6 Å². The van der Waals surface area contributed by atoms with Crippen LogP contribution in [-0.4, -0.2) is 23.5 Å². The number of carboxylic acid groups (broad SMARTS) is 1. The van der Waals surface area contributed by atoms with Crippen LogP contribution in [0.25, 0.3) is 0 Å². The van der Waals surface area contributed by atoms with Gasteiger partial charge in [-0.2, -0.15) is 0 Å². The largest absolute Gasteiger partial charge is 0.478 e. The SMILES string of the molecule is NCCCCCC(=O)Nc1cc(C(=O)O)c(F)cc1F. The fraction of sp³-hybridized carbons (Fsp3) is 0.385. The Morgan fingerprint density at radius 3 is 2.45 bits per heavy atom. The van der Waals surface area contributed by atoms with Crippen molar-refractivity contribution in [3.63, 3.8) is 0 Å². The molecule has 1 aromatic rings. The third kappa shape index (κ3) is 4.58. The molecule has 0 radical (unpaired) electrons. The number of halogens is 2. The van der Waals surface area contributed by atoms with Gasteiger partial charge >= 0.3 is 5.97 Å². The van der Waals surface area contributed by atoms with Gasteiger partial charge in [0.2, 0.25) is 5.91 Å². The fourth-order valence-corrected chi connectivity index (χ4v) is 1.63. The Hall–Kier alpha value is -2.02. The number of nitrogens with two attached hydrogens (primary N) is 1. The Labute approximate surface area is 114 Å². The van der Waals surface area contributed by atoms with Crippen LogP contribution in [0, 0.1) is 11.6 Å². The molecule has 0 saturated carbocycles. The molecule has 0 atom stereocenters. The summed E-state index contributed by atoms with van der Waals surface area (Å²) >= 11 is 0. The van der Waals surface area contributed by atoms with Crippen LogP contribution < -0.4 is 11.1 Å². The molecular weight excluding hydrogens is 270 g/mol. The molecule has 0 aromatic heterocycles. The summed E-state index contributed by atoms with van der Waals surface area (Å²) in [5, 5.41) is 11.0. The number of hydrogen-bond donors (Lipinski definition) is 3. The van der Waals surface area contributed by atoms with Crippen LogP contribution in [0.15, 0.2) is 12.1 Å². The summed E-state index contributed by atoms with van der Waals surface area (Å²) in [5.41, 5.74) is 4.28. The molecule has 1 aromatic carbocycles. The van der Waals surface area contributed by atoms with E-state index in [4.69, 9.17) is 10.8 Å². The monoisotopic (exact) mass is 286 g/mol. The van der Waals surface area contributed by atoms with Crippen molar-refractivity contribution < 1.29 is 23.5 Å². The Morgan fingerprint density at radius 2 is 1.85 bits per heavy atom. The summed E-state index contributed by atoms with van der Waals surface area (Å²) in [6, 6.07) is 1.21. The maximum absolute atomic E-state index is 13.4. The molecule has 1 rings (SSSR count). The molecule has 0 aliphatic heterocycles. The number of carbonyl (C=O) groups is 2. The van der Waals surface area contributed by atoms with Gasteiger partial charge in [0.25, 0.3) is 0 Å². The molecule has 0 spiro atoms. The highest BCUT2D eigenvalue weighted by Crippen LogP contribution is 2.20. The summed E-state index contributed by atoms with van der Waals surface area (Å²) in [4.78, 5) is 22.3. The maximum atomic E-state index is 13.4. The summed E-state index contributed by atoms with van der Waals surface area (Å²) in [5.74, 6) is -4.18. The molecule has 0 heterocycles. The number of carboxylic acids is 1. The summed E-state index contributed by atoms with van der Waals surface area (Å²) in [6.45, 7) is 0.538. The van der Waals surface area contributed by atoms with Gasteiger partial charge < -0.3 is 16.2 Å². The smallest absolute Gasteiger partial charge is 0.338 e. The molecule has 1 amide bonds. The van der Waals surface area contributed by atoms with Crippen LogP contribution in [0.3, 0.4) is 0 Å². The van der Waals surface area contributed by atoms with Gasteiger partial charge in [-0.05, 0) is 25.5 Å². The van der Waals surface area contributed by atoms with Crippen molar-refractivity contribution in [2.75, 3.05) is 11.9 Å². The van der Waals surface area contributed by atoms with Crippen molar-refractivity contribution in [3.05, 3.63) is 29.3 Å². The lowest BCUT2D eigenvalue weighted by Crippen LogP contribution is -2.14. The lowest BCUT2D eigenvalue weighted by Gasteiger charge is -2.08. The zero-order valence-corrected chi connectivity index (χ0v) is 10.8. The maximum Gasteiger partial charge on any atom is 0.338 e. The van der Waals surface area contributed by atoms with Crippen molar-refractivity contribution in [1.82, 2.24) is 0 Å². The van der Waals surface area contributed by atoms with Crippen molar-refractivity contribution in [2.24, 2.45) is 5.73 Å². The van der Waals surface area contributed by atoms with Crippen molar-refractivity contribution in [3.8, 4) is 0 Å². The molecule has 7 heteroatoms. The minimum Gasteiger partial charge on any atom is -0.478 e. The van der Waals surface area contributed by atoms with Gasteiger partial charge in [-0.25, -0.2) is 13.6 Å². The number of hydrogen-bond acceptors (Lipinski definition) is 3. The van der Waals surface area contributed by atoms with Crippen molar-refractivity contribution in [2.45, 2.75) is 25.7 Å². The molecule has 0 aliphatic rings. The predicted octanol–water partition coefficient (Wildman–Crippen LogP) is 2.12. The Balaban J connectivity index is 2.69. The van der Waals surface area contributed by atoms with Crippen LogP contribution in [0.4, 0.5) is 14.5 Å². The van der Waals surface area contributed by atoms with E-state index >= 15 is 0 Å². The average Bonchev–Trinajstić information content (AvgIpc) is 2.37. The van der Waals surface area contributed by atoms with Gasteiger partial charge in [0, 0.05) is 12.5 Å². The first-order valence-electron chi connectivity index (χ1n) is 6.18. The summed E-state index contributed by atoms with van der Waals surface area (Å²) in [7, 11) is 0. The van der Waals surface area contributed by atoms with Gasteiger partial charge in [0.05, 0.1) is 11.3 Å². The third-order valence-corrected chi connectivity index (χ3v) is 2.67. The van der Waals surface area contributed by atoms with Gasteiger partial charge in [-0.15, -0.1) is 0 Å². The van der Waals surface area contributed by atoms with Gasteiger partial charge in [0.15, 0.2) is 0 Å². The van der Waals surface area contributed by atoms with Gasteiger partial charge in [0.1, 0.15) is 11.6 Å². The molecule has 4 N–H and O–H groups in total. The molecule has 0 fully saturated rings. The Bertz CT molecular complexity index is 507. The average molecular weight is 286 g/mol. The van der Waals surface area contributed by atoms with E-state index in [1.807, 2.05) is 0 Å². The molecule has 0 bridgehead atoms. The van der Waals surface area contributed by atoms with Crippen molar-refractivity contribution in [1.29, 1.82) is 0 Å². The quantitative estimate of drug-likeness (QED) is 0.669. The van der Waals surface area contributed by atoms with Crippen LogP contribution in [0.5, 0.6) is 0 Å². The first kappa shape index (κ1) is 16.0. The minimum atomic E-state index is -1.53. The number of rotatable bonds is 7. The first-order valence-corrected chi connectivity index (χ1v) is 6.18. The van der Waals surface area contributed by atoms with E-state index in [2.05, 4.69) is 5.32 Å². The zero-order chi connectivity index (χ0) is 15.1. The molecule has 0 unspecified atom stereocenters. The standard InChI is InChI=1S/C13H16F2N2O3/c14-9-7-10(15)11(6-8(9)13(19)20)17-12(18)4-2-1-3-5-16/h6-7H,1-5,16H2,(H,17,18)(H,19,20). The molecule has 0 saturated heterocycles. The summed E-state index contributed by atoms with van der Waals surface area (Å²) < 4.78 is 26.6. The number of amides is 1. The van der Waals surface area contributed by atoms with Gasteiger partial charge in [-0.1, -0.05) is 6.42 Å². The van der Waals surface area contributed by atoms with E-state index in [9.17, 15) is 18.4 Å². The third-order valence-electron chi connectivity index (χ3n) is 2.67. The lowest BCUT2D eigenvalue weighted by atomic mass is 10.1. The van der Waals surface area contributed by atoms with Crippen LogP contribution >= 0.6 is 0 Å². The van der Waals surface area contributed by atoms with Crippen LogP contribution in [0.2, 0.25) is 0 Å². The molecule has 5 nitrogen and oxygen atoms in total. The molecule has 0 aliphatic carbocycles. The Kier molecular flexibility index (Phi) is 6.05. The van der Waals surface area contributed by atoms with Crippen LogP contribution in [0.1, 0.15) is 36.0 Å². The number of carbonyl (C=O) groups excluding carboxylic acids is 1. The highest BCUT2D eigenvalue weighted by Gasteiger charge is 2.16. The fourth-order valence-electron chi connectivity index (χ4n) is 1.63. The number of aromatic carboxylic acids is 1. The van der Waals surface area contributed by atoms with E-state index < -0.39 is 29.1 Å². The second kappa shape index (κ2) is 7.54. The molecular formula is C13H16F2N2O3. The summed E-state index contributed by atoms with van der Waals surface area (Å²) in [6.07, 6.45) is 2.33. The minimum absolute atomic E-state index is 0.166. The highest BCUT2D eigenvalue weighted by atomic mass is 19.1. The second-order valence-electron chi connectivity index (χ2n) is 4.26. The number of nitrogens with one attached hydrogen (secondary N) is 1. The number of unbranched alkanes of at least 4 members (excludes halogenated alkanes) is 2. The van der Waals surface area contributed by atoms with Gasteiger partial charge in [-0.3, -0.25) is 4.79 Å². The van der Waals surface area contributed by atoms with E-state index in [1.165, 1.54) is 0 Å². The predicted molar refractivity (Wildman–Crippen MR) is 69.5 cm³/mol. The highest BCUT2D eigenvalue weighted by molar-refractivity contribution is 5.94. The Morgan fingerprint density at radius 1 is 1.15 bits per heavy atom. The van der Waals surface area contributed by atoms with E-state index in [0.717, 1.165) is 18.9 Å². The van der Waals surface area contributed by atoms with E-state index in [1.54, 1.807) is 0 Å². The van der Waals surface area contributed by atoms with E-state index in [-0.39, 0.29) is 12.1 Å². The second-order valence-corrected chi connectivity index (χ2v) is 4.26. The molecule has 110 valence electrons. The topological polar surface area (TPSA) is 92.4 Å². The zero-order valence-electron chi connectivity index (χ0n) is 10.8. The first-order chi connectivity index (χ1) is 9.45. The normalized spacial score (nSPS) is 10.3. The lowest BCUT2D eigenvalue weighted by molar-refractivity contribution is -0.116. The number of benzene rings is 1. The van der Waals surface area contributed by atoms with Crippen LogP contribution in [-0.2, 0) is 4.79 Å². The molecule has 20 heavy (non-hydrogen) atoms.